The molecule has 1 amide bonds. The maximum Gasteiger partial charge on any atom is 0.219 e. The van der Waals surface area contributed by atoms with Crippen LogP contribution in [-0.4, -0.2) is 36.0 Å². The number of carbonyl (C=O) groups excluding carboxylic acids is 1. The number of ether oxygens (including phenoxy) is 1. The normalized spacial score (nSPS) is 17.8. The van der Waals surface area contributed by atoms with Gasteiger partial charge in [0.2, 0.25) is 5.91 Å². The van der Waals surface area contributed by atoms with E-state index in [-0.39, 0.29) is 5.91 Å². The van der Waals surface area contributed by atoms with Crippen LogP contribution in [0.1, 0.15) is 31.4 Å². The molecule has 4 heteroatoms. The minimum atomic E-state index is 0.152. The molecule has 4 nitrogen and oxygen atoms in total. The fourth-order valence-electron chi connectivity index (χ4n) is 3.13. The van der Waals surface area contributed by atoms with Gasteiger partial charge in [-0.25, -0.2) is 0 Å². The number of methoxy groups -OCH3 is 1. The fourth-order valence-corrected chi connectivity index (χ4v) is 3.13. The van der Waals surface area contributed by atoms with Crippen LogP contribution >= 0.6 is 0 Å². The number of carbonyl (C=O) groups is 1. The molecule has 1 saturated heterocycles. The maximum atomic E-state index is 11.6. The van der Waals surface area contributed by atoms with Gasteiger partial charge >= 0.3 is 0 Å². The zero-order valence-corrected chi connectivity index (χ0v) is 13.7. The molecular weight excluding hydrogens is 288 g/mol. The lowest BCUT2D eigenvalue weighted by Crippen LogP contribution is -2.37. The summed E-state index contributed by atoms with van der Waals surface area (Å²) in [4.78, 5) is 18.4. The first-order chi connectivity index (χ1) is 11.2. The van der Waals surface area contributed by atoms with Crippen molar-refractivity contribution in [1.82, 2.24) is 9.88 Å². The molecule has 1 aliphatic heterocycles. The fraction of sp³-hybridized carbons (Fsp3) is 0.368. The molecule has 0 bridgehead atoms. The van der Waals surface area contributed by atoms with Crippen molar-refractivity contribution in [2.45, 2.75) is 25.7 Å². The maximum absolute atomic E-state index is 11.6. The Kier molecular flexibility index (Phi) is 4.60. The molecular formula is C19H22N2O2. The second-order valence-electron chi connectivity index (χ2n) is 5.98. The first-order valence-corrected chi connectivity index (χ1v) is 8.04. The lowest BCUT2D eigenvalue weighted by Gasteiger charge is -2.31. The molecule has 2 aromatic rings. The van der Waals surface area contributed by atoms with Crippen molar-refractivity contribution >= 4 is 5.91 Å². The average molecular weight is 310 g/mol. The molecule has 0 N–H and O–H groups in total. The molecule has 0 radical (unpaired) electrons. The van der Waals surface area contributed by atoms with E-state index in [1.807, 2.05) is 41.3 Å². The molecule has 1 fully saturated rings. The van der Waals surface area contributed by atoms with Crippen LogP contribution in [0.4, 0.5) is 0 Å². The Hall–Kier alpha value is -2.36. The van der Waals surface area contributed by atoms with E-state index in [4.69, 9.17) is 9.72 Å². The largest absolute Gasteiger partial charge is 0.497 e. The number of piperidine rings is 1. The van der Waals surface area contributed by atoms with E-state index in [2.05, 4.69) is 6.07 Å². The monoisotopic (exact) mass is 310 g/mol. The summed E-state index contributed by atoms with van der Waals surface area (Å²) in [6.07, 6.45) is 2.12. The van der Waals surface area contributed by atoms with Gasteiger partial charge in [0.25, 0.3) is 0 Å². The third-order valence-corrected chi connectivity index (χ3v) is 4.42. The number of aromatic nitrogens is 1. The number of rotatable bonds is 3. The molecule has 120 valence electrons. The van der Waals surface area contributed by atoms with Crippen molar-refractivity contribution in [2.24, 2.45) is 0 Å². The molecule has 23 heavy (non-hydrogen) atoms. The van der Waals surface area contributed by atoms with E-state index in [1.54, 1.807) is 14.0 Å². The molecule has 0 saturated carbocycles. The molecule has 1 atom stereocenters. The van der Waals surface area contributed by atoms with Crippen molar-refractivity contribution in [3.8, 4) is 17.0 Å². The van der Waals surface area contributed by atoms with Crippen LogP contribution in [0.15, 0.2) is 42.5 Å². The summed E-state index contributed by atoms with van der Waals surface area (Å²) >= 11 is 0. The minimum absolute atomic E-state index is 0.152. The summed E-state index contributed by atoms with van der Waals surface area (Å²) in [6.45, 7) is 3.27. The molecule has 0 unspecified atom stereocenters. The van der Waals surface area contributed by atoms with Crippen molar-refractivity contribution < 1.29 is 9.53 Å². The second kappa shape index (κ2) is 6.82. The SMILES string of the molecule is COc1cccc(-c2cccc([C@H]3CCCN(C(C)=O)C3)n2)c1. The van der Waals surface area contributed by atoms with E-state index < -0.39 is 0 Å². The van der Waals surface area contributed by atoms with Gasteiger partial charge in [-0.15, -0.1) is 0 Å². The highest BCUT2D eigenvalue weighted by Crippen LogP contribution is 2.28. The molecule has 1 aliphatic rings. The van der Waals surface area contributed by atoms with Crippen LogP contribution in [0.3, 0.4) is 0 Å². The molecule has 3 rings (SSSR count). The summed E-state index contributed by atoms with van der Waals surface area (Å²) in [5, 5.41) is 0. The van der Waals surface area contributed by atoms with E-state index in [9.17, 15) is 4.79 Å². The summed E-state index contributed by atoms with van der Waals surface area (Å²) in [7, 11) is 1.67. The molecule has 1 aromatic heterocycles. The number of hydrogen-bond donors (Lipinski definition) is 0. The predicted octanol–water partition coefficient (Wildman–Crippen LogP) is 3.48. The number of nitrogens with zero attached hydrogens (tertiary/aromatic N) is 2. The highest BCUT2D eigenvalue weighted by Gasteiger charge is 2.23. The Morgan fingerprint density at radius 1 is 1.26 bits per heavy atom. The number of amides is 1. The first kappa shape index (κ1) is 15.5. The van der Waals surface area contributed by atoms with Crippen LogP contribution in [0.5, 0.6) is 5.75 Å². The first-order valence-electron chi connectivity index (χ1n) is 8.04. The third-order valence-electron chi connectivity index (χ3n) is 4.42. The smallest absolute Gasteiger partial charge is 0.219 e. The standard InChI is InChI=1S/C19H22N2O2/c1-14(22)21-11-5-7-16(13-21)19-10-4-9-18(20-19)15-6-3-8-17(12-15)23-2/h3-4,6,8-10,12,16H,5,7,11,13H2,1-2H3/t16-/m0/s1. The third kappa shape index (κ3) is 3.52. The van der Waals surface area contributed by atoms with Gasteiger partial charge in [0, 0.05) is 37.2 Å². The van der Waals surface area contributed by atoms with Gasteiger partial charge < -0.3 is 9.64 Å². The Morgan fingerprint density at radius 2 is 2.09 bits per heavy atom. The van der Waals surface area contributed by atoms with Crippen LogP contribution in [0.2, 0.25) is 0 Å². The van der Waals surface area contributed by atoms with Crippen molar-refractivity contribution in [3.63, 3.8) is 0 Å². The zero-order valence-electron chi connectivity index (χ0n) is 13.7. The lowest BCUT2D eigenvalue weighted by molar-refractivity contribution is -0.130. The average Bonchev–Trinajstić information content (AvgIpc) is 2.62. The zero-order chi connectivity index (χ0) is 16.2. The summed E-state index contributed by atoms with van der Waals surface area (Å²) in [5.41, 5.74) is 3.06. The van der Waals surface area contributed by atoms with E-state index in [1.165, 1.54) is 0 Å². The minimum Gasteiger partial charge on any atom is -0.497 e. The molecule has 0 aliphatic carbocycles. The number of benzene rings is 1. The highest BCUT2D eigenvalue weighted by atomic mass is 16.5. The highest BCUT2D eigenvalue weighted by molar-refractivity contribution is 5.73. The Balaban J connectivity index is 1.86. The number of pyridine rings is 1. The van der Waals surface area contributed by atoms with Crippen LogP contribution < -0.4 is 4.74 Å². The van der Waals surface area contributed by atoms with Crippen LogP contribution in [0.25, 0.3) is 11.3 Å². The molecule has 0 spiro atoms. The van der Waals surface area contributed by atoms with Gasteiger partial charge in [0.05, 0.1) is 12.8 Å². The van der Waals surface area contributed by atoms with Crippen molar-refractivity contribution in [3.05, 3.63) is 48.2 Å². The van der Waals surface area contributed by atoms with E-state index in [0.29, 0.717) is 5.92 Å². The lowest BCUT2D eigenvalue weighted by atomic mass is 9.94. The van der Waals surface area contributed by atoms with Crippen LogP contribution in [0, 0.1) is 0 Å². The van der Waals surface area contributed by atoms with Gasteiger partial charge in [-0.05, 0) is 37.1 Å². The quantitative estimate of drug-likeness (QED) is 0.871. The van der Waals surface area contributed by atoms with Gasteiger partial charge in [-0.2, -0.15) is 0 Å². The summed E-state index contributed by atoms with van der Waals surface area (Å²) in [6, 6.07) is 14.1. The van der Waals surface area contributed by atoms with Crippen molar-refractivity contribution in [1.29, 1.82) is 0 Å². The summed E-state index contributed by atoms with van der Waals surface area (Å²) in [5.74, 6) is 1.30. The van der Waals surface area contributed by atoms with Crippen molar-refractivity contribution in [2.75, 3.05) is 20.2 Å². The summed E-state index contributed by atoms with van der Waals surface area (Å²) < 4.78 is 5.29. The molecule has 1 aromatic carbocycles. The van der Waals surface area contributed by atoms with E-state index >= 15 is 0 Å². The Morgan fingerprint density at radius 3 is 2.87 bits per heavy atom. The topological polar surface area (TPSA) is 42.4 Å². The van der Waals surface area contributed by atoms with E-state index in [0.717, 1.165) is 48.6 Å². The predicted molar refractivity (Wildman–Crippen MR) is 90.5 cm³/mol. The van der Waals surface area contributed by atoms with Gasteiger partial charge in [0.15, 0.2) is 0 Å². The van der Waals surface area contributed by atoms with Gasteiger partial charge in [-0.1, -0.05) is 18.2 Å². The Bertz CT molecular complexity index is 699. The van der Waals surface area contributed by atoms with Crippen LogP contribution in [-0.2, 0) is 4.79 Å². The van der Waals surface area contributed by atoms with Gasteiger partial charge in [-0.3, -0.25) is 9.78 Å². The van der Waals surface area contributed by atoms with Gasteiger partial charge in [0.1, 0.15) is 5.75 Å². The molecule has 2 heterocycles. The number of hydrogen-bond acceptors (Lipinski definition) is 3. The number of likely N-dealkylation sites (tertiary alicyclic amines) is 1. The Labute approximate surface area is 137 Å². The second-order valence-corrected chi connectivity index (χ2v) is 5.98.